The minimum atomic E-state index is -0.512. The van der Waals surface area contributed by atoms with Crippen LogP contribution in [0.4, 0.5) is 4.79 Å². The number of morpholine rings is 1. The second-order valence-electron chi connectivity index (χ2n) is 4.69. The van der Waals surface area contributed by atoms with Crippen LogP contribution in [0.3, 0.4) is 0 Å². The Balaban J connectivity index is 2.05. The molecule has 1 aromatic carbocycles. The molecule has 1 saturated heterocycles. The summed E-state index contributed by atoms with van der Waals surface area (Å²) in [5.41, 5.74) is 6.21. The van der Waals surface area contributed by atoms with E-state index in [0.717, 1.165) is 5.56 Å². The SMILES string of the molecule is NC(=O)CN(Cc1ccccc1)C(=O)N1CCOCC1. The Morgan fingerprint density at radius 1 is 1.20 bits per heavy atom. The third-order valence-electron chi connectivity index (χ3n) is 3.12. The smallest absolute Gasteiger partial charge is 0.320 e. The van der Waals surface area contributed by atoms with E-state index in [1.165, 1.54) is 4.90 Å². The van der Waals surface area contributed by atoms with Crippen LogP contribution in [0.5, 0.6) is 0 Å². The molecule has 0 saturated carbocycles. The molecule has 3 amide bonds. The molecule has 1 heterocycles. The molecule has 1 aromatic rings. The zero-order valence-corrected chi connectivity index (χ0v) is 11.3. The van der Waals surface area contributed by atoms with Crippen LogP contribution >= 0.6 is 0 Å². The van der Waals surface area contributed by atoms with E-state index < -0.39 is 5.91 Å². The number of amides is 3. The lowest BCUT2D eigenvalue weighted by Gasteiger charge is -2.32. The highest BCUT2D eigenvalue weighted by molar-refractivity contribution is 5.83. The van der Waals surface area contributed by atoms with E-state index in [1.54, 1.807) is 4.90 Å². The summed E-state index contributed by atoms with van der Waals surface area (Å²) in [6, 6.07) is 9.37. The number of urea groups is 1. The Labute approximate surface area is 118 Å². The van der Waals surface area contributed by atoms with Gasteiger partial charge in [0.1, 0.15) is 6.54 Å². The summed E-state index contributed by atoms with van der Waals surface area (Å²) in [7, 11) is 0. The fraction of sp³-hybridized carbons (Fsp3) is 0.429. The van der Waals surface area contributed by atoms with E-state index in [0.29, 0.717) is 32.8 Å². The van der Waals surface area contributed by atoms with Crippen LogP contribution in [0.25, 0.3) is 0 Å². The van der Waals surface area contributed by atoms with Gasteiger partial charge in [-0.15, -0.1) is 0 Å². The molecular formula is C14H19N3O3. The molecule has 0 aliphatic carbocycles. The first-order valence-corrected chi connectivity index (χ1v) is 6.60. The zero-order valence-electron chi connectivity index (χ0n) is 11.3. The molecule has 20 heavy (non-hydrogen) atoms. The van der Waals surface area contributed by atoms with Gasteiger partial charge in [-0.05, 0) is 5.56 Å². The first-order chi connectivity index (χ1) is 9.66. The van der Waals surface area contributed by atoms with Gasteiger partial charge in [0.05, 0.1) is 13.2 Å². The van der Waals surface area contributed by atoms with Gasteiger partial charge in [0.15, 0.2) is 0 Å². The van der Waals surface area contributed by atoms with E-state index in [1.807, 2.05) is 30.3 Å². The van der Waals surface area contributed by atoms with Gasteiger partial charge in [0, 0.05) is 19.6 Å². The molecule has 0 atom stereocenters. The second-order valence-corrected chi connectivity index (χ2v) is 4.69. The molecule has 6 heteroatoms. The van der Waals surface area contributed by atoms with Crippen molar-refractivity contribution in [2.45, 2.75) is 6.54 Å². The molecule has 0 radical (unpaired) electrons. The maximum Gasteiger partial charge on any atom is 0.320 e. The minimum Gasteiger partial charge on any atom is -0.378 e. The number of hydrogen-bond donors (Lipinski definition) is 1. The van der Waals surface area contributed by atoms with Gasteiger partial charge in [-0.2, -0.15) is 0 Å². The maximum atomic E-state index is 12.4. The minimum absolute atomic E-state index is 0.0783. The maximum absolute atomic E-state index is 12.4. The predicted molar refractivity (Wildman–Crippen MR) is 73.8 cm³/mol. The van der Waals surface area contributed by atoms with E-state index in [2.05, 4.69) is 0 Å². The third-order valence-corrected chi connectivity index (χ3v) is 3.12. The van der Waals surface area contributed by atoms with E-state index in [-0.39, 0.29) is 12.6 Å². The molecule has 2 N–H and O–H groups in total. The largest absolute Gasteiger partial charge is 0.378 e. The number of primary amides is 1. The van der Waals surface area contributed by atoms with Crippen molar-refractivity contribution in [3.63, 3.8) is 0 Å². The molecule has 1 fully saturated rings. The molecule has 0 unspecified atom stereocenters. The lowest BCUT2D eigenvalue weighted by molar-refractivity contribution is -0.118. The van der Waals surface area contributed by atoms with Crippen molar-refractivity contribution in [1.29, 1.82) is 0 Å². The van der Waals surface area contributed by atoms with Crippen molar-refractivity contribution < 1.29 is 14.3 Å². The first-order valence-electron chi connectivity index (χ1n) is 6.60. The number of nitrogens with zero attached hydrogens (tertiary/aromatic N) is 2. The predicted octanol–water partition coefficient (Wildman–Crippen LogP) is 0.426. The zero-order chi connectivity index (χ0) is 14.4. The highest BCUT2D eigenvalue weighted by Gasteiger charge is 2.24. The number of hydrogen-bond acceptors (Lipinski definition) is 3. The van der Waals surface area contributed by atoms with Gasteiger partial charge in [-0.1, -0.05) is 30.3 Å². The van der Waals surface area contributed by atoms with E-state index in [4.69, 9.17) is 10.5 Å². The third kappa shape index (κ3) is 3.96. The Kier molecular flexibility index (Phi) is 4.95. The van der Waals surface area contributed by atoms with Crippen LogP contribution in [0.2, 0.25) is 0 Å². The lowest BCUT2D eigenvalue weighted by atomic mass is 10.2. The number of benzene rings is 1. The summed E-state index contributed by atoms with van der Waals surface area (Å²) in [5.74, 6) is -0.512. The van der Waals surface area contributed by atoms with Gasteiger partial charge < -0.3 is 20.3 Å². The van der Waals surface area contributed by atoms with Crippen LogP contribution in [-0.4, -0.2) is 54.6 Å². The normalized spacial score (nSPS) is 14.9. The molecular weight excluding hydrogens is 258 g/mol. The molecule has 0 spiro atoms. The van der Waals surface area contributed by atoms with Crippen molar-refractivity contribution in [2.75, 3.05) is 32.8 Å². The van der Waals surface area contributed by atoms with Gasteiger partial charge in [-0.3, -0.25) is 4.79 Å². The quantitative estimate of drug-likeness (QED) is 0.867. The van der Waals surface area contributed by atoms with E-state index >= 15 is 0 Å². The van der Waals surface area contributed by atoms with Crippen LogP contribution < -0.4 is 5.73 Å². The van der Waals surface area contributed by atoms with Crippen molar-refractivity contribution in [2.24, 2.45) is 5.73 Å². The molecule has 0 bridgehead atoms. The van der Waals surface area contributed by atoms with E-state index in [9.17, 15) is 9.59 Å². The Hall–Kier alpha value is -2.08. The fourth-order valence-corrected chi connectivity index (χ4v) is 2.14. The van der Waals surface area contributed by atoms with Crippen molar-refractivity contribution >= 4 is 11.9 Å². The Morgan fingerprint density at radius 3 is 2.45 bits per heavy atom. The number of carbonyl (C=O) groups excluding carboxylic acids is 2. The van der Waals surface area contributed by atoms with Crippen molar-refractivity contribution in [3.8, 4) is 0 Å². The summed E-state index contributed by atoms with van der Waals surface area (Å²) >= 11 is 0. The standard InChI is InChI=1S/C14H19N3O3/c15-13(18)11-17(10-12-4-2-1-3-5-12)14(19)16-6-8-20-9-7-16/h1-5H,6-11H2,(H2,15,18). The topological polar surface area (TPSA) is 75.9 Å². The Bertz CT molecular complexity index is 458. The molecule has 1 aliphatic rings. The molecule has 6 nitrogen and oxygen atoms in total. The first kappa shape index (κ1) is 14.3. The average molecular weight is 277 g/mol. The van der Waals surface area contributed by atoms with Gasteiger partial charge >= 0.3 is 6.03 Å². The number of carbonyl (C=O) groups is 2. The lowest BCUT2D eigenvalue weighted by Crippen LogP contribution is -2.49. The average Bonchev–Trinajstić information content (AvgIpc) is 2.47. The van der Waals surface area contributed by atoms with Gasteiger partial charge in [0.25, 0.3) is 0 Å². The fourth-order valence-electron chi connectivity index (χ4n) is 2.14. The van der Waals surface area contributed by atoms with Gasteiger partial charge in [-0.25, -0.2) is 4.79 Å². The van der Waals surface area contributed by atoms with Crippen LogP contribution in [0.1, 0.15) is 5.56 Å². The Morgan fingerprint density at radius 2 is 1.85 bits per heavy atom. The van der Waals surface area contributed by atoms with Crippen LogP contribution in [0.15, 0.2) is 30.3 Å². The number of nitrogens with two attached hydrogens (primary N) is 1. The molecule has 2 rings (SSSR count). The monoisotopic (exact) mass is 277 g/mol. The second kappa shape index (κ2) is 6.91. The number of ether oxygens (including phenoxy) is 1. The summed E-state index contributed by atoms with van der Waals surface area (Å²) in [6.07, 6.45) is 0. The molecule has 1 aliphatic heterocycles. The summed E-state index contributed by atoms with van der Waals surface area (Å²) in [4.78, 5) is 26.8. The summed E-state index contributed by atoms with van der Waals surface area (Å²) in [5, 5.41) is 0. The molecule has 108 valence electrons. The molecule has 0 aromatic heterocycles. The highest BCUT2D eigenvalue weighted by Crippen LogP contribution is 2.09. The highest BCUT2D eigenvalue weighted by atomic mass is 16.5. The van der Waals surface area contributed by atoms with Gasteiger partial charge in [0.2, 0.25) is 5.91 Å². The summed E-state index contributed by atoms with van der Waals surface area (Å²) in [6.45, 7) is 2.44. The van der Waals surface area contributed by atoms with Crippen molar-refractivity contribution in [3.05, 3.63) is 35.9 Å². The van der Waals surface area contributed by atoms with Crippen LogP contribution in [-0.2, 0) is 16.1 Å². The number of rotatable bonds is 4. The van der Waals surface area contributed by atoms with Crippen LogP contribution in [0, 0.1) is 0 Å². The summed E-state index contributed by atoms with van der Waals surface area (Å²) < 4.78 is 5.22. The van der Waals surface area contributed by atoms with Crippen molar-refractivity contribution in [1.82, 2.24) is 9.80 Å².